The fraction of sp³-hybridized carbons (Fsp3) is 0.467. The summed E-state index contributed by atoms with van der Waals surface area (Å²) in [5.41, 5.74) is 1.12. The van der Waals surface area contributed by atoms with Crippen molar-refractivity contribution in [2.24, 2.45) is 11.8 Å². The van der Waals surface area contributed by atoms with Gasteiger partial charge in [0.2, 0.25) is 5.91 Å². The zero-order valence-electron chi connectivity index (χ0n) is 11.0. The van der Waals surface area contributed by atoms with Crippen molar-refractivity contribution >= 4 is 27.8 Å². The van der Waals surface area contributed by atoms with Crippen LogP contribution < -0.4 is 0 Å². The van der Waals surface area contributed by atoms with Crippen molar-refractivity contribution in [2.75, 3.05) is 6.54 Å². The fourth-order valence-corrected chi connectivity index (χ4v) is 3.46. The number of rotatable bonds is 3. The van der Waals surface area contributed by atoms with Crippen LogP contribution >= 0.6 is 15.9 Å². The van der Waals surface area contributed by atoms with Gasteiger partial charge in [-0.25, -0.2) is 0 Å². The zero-order valence-corrected chi connectivity index (χ0v) is 12.5. The zero-order chi connectivity index (χ0) is 14.3. The van der Waals surface area contributed by atoms with Gasteiger partial charge < -0.3 is 10.0 Å². The third kappa shape index (κ3) is 2.46. The lowest BCUT2D eigenvalue weighted by atomic mass is 10.0. The lowest BCUT2D eigenvalue weighted by Gasteiger charge is -2.25. The summed E-state index contributed by atoms with van der Waals surface area (Å²) in [6.45, 7) is 0.735. The normalized spacial score (nSPS) is 28.4. The standard InChI is InChI=1S/C15H16BrNO3/c16-10-4-1-3-9(7-10)13-5-2-6-17(13)14(18)11-8-12(11)15(19)20/h1,3-4,7,11-13H,2,5-6,8H2,(H,19,20)/t11-,12+,13?/m1/s1. The van der Waals surface area contributed by atoms with Crippen molar-refractivity contribution in [3.05, 3.63) is 34.3 Å². The Bertz CT molecular complexity index is 560. The molecule has 3 rings (SSSR count). The van der Waals surface area contributed by atoms with Gasteiger partial charge in [0, 0.05) is 11.0 Å². The molecule has 5 heteroatoms. The molecule has 4 nitrogen and oxygen atoms in total. The Balaban J connectivity index is 1.76. The fourth-order valence-electron chi connectivity index (χ4n) is 3.04. The van der Waals surface area contributed by atoms with Crippen LogP contribution in [0.4, 0.5) is 0 Å². The number of carbonyl (C=O) groups is 2. The van der Waals surface area contributed by atoms with E-state index in [1.165, 1.54) is 0 Å². The SMILES string of the molecule is O=C(O)[C@H]1C[C@H]1C(=O)N1CCCC1c1cccc(Br)c1. The van der Waals surface area contributed by atoms with Crippen molar-refractivity contribution in [2.45, 2.75) is 25.3 Å². The molecule has 1 N–H and O–H groups in total. The van der Waals surface area contributed by atoms with Crippen LogP contribution in [0.15, 0.2) is 28.7 Å². The number of nitrogens with zero attached hydrogens (tertiary/aromatic N) is 1. The second-order valence-electron chi connectivity index (χ2n) is 5.53. The van der Waals surface area contributed by atoms with Gasteiger partial charge in [-0.2, -0.15) is 0 Å². The molecular formula is C15H16BrNO3. The van der Waals surface area contributed by atoms with Gasteiger partial charge in [-0.05, 0) is 37.0 Å². The first kappa shape index (κ1) is 13.6. The molecule has 1 aliphatic carbocycles. The van der Waals surface area contributed by atoms with Crippen LogP contribution in [0.3, 0.4) is 0 Å². The molecule has 20 heavy (non-hydrogen) atoms. The van der Waals surface area contributed by atoms with Crippen LogP contribution in [-0.4, -0.2) is 28.4 Å². The highest BCUT2D eigenvalue weighted by Gasteiger charge is 2.51. The van der Waals surface area contributed by atoms with E-state index in [2.05, 4.69) is 15.9 Å². The predicted octanol–water partition coefficient (Wildman–Crippen LogP) is 2.83. The van der Waals surface area contributed by atoms with Gasteiger partial charge in [0.25, 0.3) is 0 Å². The molecule has 2 fully saturated rings. The van der Waals surface area contributed by atoms with Gasteiger partial charge >= 0.3 is 5.97 Å². The number of carboxylic acid groups (broad SMARTS) is 1. The minimum absolute atomic E-state index is 0.0138. The molecule has 2 aliphatic rings. The van der Waals surface area contributed by atoms with E-state index in [-0.39, 0.29) is 17.9 Å². The highest BCUT2D eigenvalue weighted by molar-refractivity contribution is 9.10. The van der Waals surface area contributed by atoms with E-state index in [9.17, 15) is 9.59 Å². The highest BCUT2D eigenvalue weighted by atomic mass is 79.9. The first-order valence-electron chi connectivity index (χ1n) is 6.86. The van der Waals surface area contributed by atoms with E-state index in [1.54, 1.807) is 0 Å². The third-order valence-electron chi connectivity index (χ3n) is 4.19. The van der Waals surface area contributed by atoms with Gasteiger partial charge in [-0.1, -0.05) is 28.1 Å². The third-order valence-corrected chi connectivity index (χ3v) is 4.69. The molecule has 3 atom stereocenters. The quantitative estimate of drug-likeness (QED) is 0.922. The van der Waals surface area contributed by atoms with Crippen molar-refractivity contribution in [3.63, 3.8) is 0 Å². The number of halogens is 1. The molecule has 0 bridgehead atoms. The molecule has 1 heterocycles. The first-order valence-corrected chi connectivity index (χ1v) is 7.66. The molecule has 0 aromatic heterocycles. The van der Waals surface area contributed by atoms with Crippen LogP contribution in [0, 0.1) is 11.8 Å². The van der Waals surface area contributed by atoms with Gasteiger partial charge in [0.15, 0.2) is 0 Å². The second-order valence-corrected chi connectivity index (χ2v) is 6.45. The molecule has 1 aliphatic heterocycles. The molecule has 1 saturated carbocycles. The summed E-state index contributed by atoms with van der Waals surface area (Å²) in [6.07, 6.45) is 2.43. The van der Waals surface area contributed by atoms with Crippen molar-refractivity contribution < 1.29 is 14.7 Å². The van der Waals surface area contributed by atoms with E-state index in [1.807, 2.05) is 29.2 Å². The molecule has 1 amide bonds. The van der Waals surface area contributed by atoms with Crippen LogP contribution in [0.1, 0.15) is 30.9 Å². The number of carboxylic acids is 1. The molecule has 1 unspecified atom stereocenters. The average molecular weight is 338 g/mol. The number of hydrogen-bond donors (Lipinski definition) is 1. The number of benzene rings is 1. The summed E-state index contributed by atoms with van der Waals surface area (Å²) in [5, 5.41) is 8.96. The molecule has 0 radical (unpaired) electrons. The topological polar surface area (TPSA) is 57.6 Å². The maximum Gasteiger partial charge on any atom is 0.307 e. The van der Waals surface area contributed by atoms with E-state index >= 15 is 0 Å². The molecule has 1 aromatic rings. The molecule has 1 saturated heterocycles. The summed E-state index contributed by atoms with van der Waals surface area (Å²) in [6, 6.07) is 8.10. The summed E-state index contributed by atoms with van der Waals surface area (Å²) in [4.78, 5) is 25.2. The molecule has 106 valence electrons. The Kier molecular flexibility index (Phi) is 3.54. The molecular weight excluding hydrogens is 322 g/mol. The number of carbonyl (C=O) groups excluding carboxylic acids is 1. The first-order chi connectivity index (χ1) is 9.58. The van der Waals surface area contributed by atoms with Crippen LogP contribution in [-0.2, 0) is 9.59 Å². The molecule has 1 aromatic carbocycles. The van der Waals surface area contributed by atoms with E-state index in [0.717, 1.165) is 29.4 Å². The van der Waals surface area contributed by atoms with Gasteiger partial charge in [-0.15, -0.1) is 0 Å². The maximum absolute atomic E-state index is 12.4. The largest absolute Gasteiger partial charge is 0.481 e. The van der Waals surface area contributed by atoms with Crippen LogP contribution in [0.5, 0.6) is 0 Å². The predicted molar refractivity (Wildman–Crippen MR) is 77.1 cm³/mol. The number of aliphatic carboxylic acids is 1. The van der Waals surface area contributed by atoms with Crippen LogP contribution in [0.25, 0.3) is 0 Å². The lowest BCUT2D eigenvalue weighted by molar-refractivity contribution is -0.142. The minimum Gasteiger partial charge on any atom is -0.481 e. The Hall–Kier alpha value is -1.36. The lowest BCUT2D eigenvalue weighted by Crippen LogP contribution is -2.32. The van der Waals surface area contributed by atoms with Crippen molar-refractivity contribution in [1.82, 2.24) is 4.90 Å². The number of hydrogen-bond acceptors (Lipinski definition) is 2. The van der Waals surface area contributed by atoms with E-state index in [4.69, 9.17) is 5.11 Å². The van der Waals surface area contributed by atoms with Crippen molar-refractivity contribution in [3.8, 4) is 0 Å². The Morgan fingerprint density at radius 3 is 2.75 bits per heavy atom. The van der Waals surface area contributed by atoms with Crippen LogP contribution in [0.2, 0.25) is 0 Å². The Morgan fingerprint density at radius 1 is 1.30 bits per heavy atom. The van der Waals surface area contributed by atoms with E-state index < -0.39 is 11.9 Å². The van der Waals surface area contributed by atoms with Crippen molar-refractivity contribution in [1.29, 1.82) is 0 Å². The maximum atomic E-state index is 12.4. The number of amides is 1. The van der Waals surface area contributed by atoms with Gasteiger partial charge in [0.05, 0.1) is 17.9 Å². The van der Waals surface area contributed by atoms with Gasteiger partial charge in [0.1, 0.15) is 0 Å². The Labute approximate surface area is 125 Å². The van der Waals surface area contributed by atoms with Gasteiger partial charge in [-0.3, -0.25) is 9.59 Å². The molecule has 0 spiro atoms. The summed E-state index contributed by atoms with van der Waals surface area (Å²) >= 11 is 3.45. The number of likely N-dealkylation sites (tertiary alicyclic amines) is 1. The average Bonchev–Trinajstić information content (AvgIpc) is 3.07. The summed E-state index contributed by atoms with van der Waals surface area (Å²) in [7, 11) is 0. The summed E-state index contributed by atoms with van der Waals surface area (Å²) < 4.78 is 1.00. The second kappa shape index (κ2) is 5.20. The smallest absolute Gasteiger partial charge is 0.307 e. The Morgan fingerprint density at radius 2 is 2.10 bits per heavy atom. The monoisotopic (exact) mass is 337 g/mol. The highest BCUT2D eigenvalue weighted by Crippen LogP contribution is 2.43. The minimum atomic E-state index is -0.846. The summed E-state index contributed by atoms with van der Waals surface area (Å²) in [5.74, 6) is -1.60. The van der Waals surface area contributed by atoms with E-state index in [0.29, 0.717) is 6.42 Å².